The molecule has 1 aromatic heterocycles. The third-order valence-electron chi connectivity index (χ3n) is 2.91. The molecule has 16 heavy (non-hydrogen) atoms. The summed E-state index contributed by atoms with van der Waals surface area (Å²) in [5, 5.41) is 3.37. The molecule has 0 aliphatic rings. The fraction of sp³-hybridized carbons (Fsp3) is 0.615. The van der Waals surface area contributed by atoms with E-state index in [4.69, 9.17) is 0 Å². The van der Waals surface area contributed by atoms with Crippen molar-refractivity contribution in [2.45, 2.75) is 39.7 Å². The molecule has 90 valence electrons. The second-order valence-corrected chi connectivity index (χ2v) is 4.19. The maximum Gasteiger partial charge on any atom is 0.146 e. The Labute approximate surface area is 97.3 Å². The fourth-order valence-corrected chi connectivity index (χ4v) is 1.73. The van der Waals surface area contributed by atoms with Crippen LogP contribution in [-0.4, -0.2) is 11.5 Å². The normalized spacial score (nSPS) is 14.8. The summed E-state index contributed by atoms with van der Waals surface area (Å²) in [7, 11) is 0. The first kappa shape index (κ1) is 13.1. The molecule has 3 heteroatoms. The quantitative estimate of drug-likeness (QED) is 0.802. The predicted octanol–water partition coefficient (Wildman–Crippen LogP) is 3.31. The van der Waals surface area contributed by atoms with Crippen LogP contribution < -0.4 is 5.32 Å². The SMILES string of the molecule is CCCNC(c1ncccc1F)C(C)CC. The number of aromatic nitrogens is 1. The van der Waals surface area contributed by atoms with Gasteiger partial charge >= 0.3 is 0 Å². The highest BCUT2D eigenvalue weighted by Crippen LogP contribution is 2.24. The van der Waals surface area contributed by atoms with Crippen LogP contribution in [0.3, 0.4) is 0 Å². The van der Waals surface area contributed by atoms with Crippen LogP contribution in [0.15, 0.2) is 18.3 Å². The molecule has 0 fully saturated rings. The number of nitrogens with one attached hydrogen (secondary N) is 1. The van der Waals surface area contributed by atoms with Crippen LogP contribution in [0.2, 0.25) is 0 Å². The first-order valence-corrected chi connectivity index (χ1v) is 6.04. The van der Waals surface area contributed by atoms with Gasteiger partial charge in [0.25, 0.3) is 0 Å². The Morgan fingerprint density at radius 3 is 2.75 bits per heavy atom. The van der Waals surface area contributed by atoms with Gasteiger partial charge in [0, 0.05) is 6.20 Å². The lowest BCUT2D eigenvalue weighted by molar-refractivity contribution is 0.357. The molecule has 1 N–H and O–H groups in total. The van der Waals surface area contributed by atoms with Crippen LogP contribution in [-0.2, 0) is 0 Å². The van der Waals surface area contributed by atoms with Crippen molar-refractivity contribution in [3.8, 4) is 0 Å². The molecule has 0 spiro atoms. The van der Waals surface area contributed by atoms with Crippen LogP contribution in [0, 0.1) is 11.7 Å². The number of hydrogen-bond acceptors (Lipinski definition) is 2. The van der Waals surface area contributed by atoms with E-state index in [1.54, 1.807) is 12.3 Å². The summed E-state index contributed by atoms with van der Waals surface area (Å²) in [5.41, 5.74) is 0.547. The van der Waals surface area contributed by atoms with Gasteiger partial charge in [-0.15, -0.1) is 0 Å². The van der Waals surface area contributed by atoms with Crippen LogP contribution in [0.5, 0.6) is 0 Å². The van der Waals surface area contributed by atoms with Gasteiger partial charge in [-0.2, -0.15) is 0 Å². The predicted molar refractivity (Wildman–Crippen MR) is 64.7 cm³/mol. The highest BCUT2D eigenvalue weighted by molar-refractivity contribution is 5.12. The Balaban J connectivity index is 2.87. The standard InChI is InChI=1S/C13H21FN2/c1-4-8-15-12(10(3)5-2)13-11(14)7-6-9-16-13/h6-7,9-10,12,15H,4-5,8H2,1-3H3. The highest BCUT2D eigenvalue weighted by Gasteiger charge is 2.21. The van der Waals surface area contributed by atoms with E-state index in [9.17, 15) is 4.39 Å². The van der Waals surface area contributed by atoms with Gasteiger partial charge in [0.1, 0.15) is 5.82 Å². The van der Waals surface area contributed by atoms with Crippen LogP contribution in [0.4, 0.5) is 4.39 Å². The average molecular weight is 224 g/mol. The van der Waals surface area contributed by atoms with Gasteiger partial charge in [-0.3, -0.25) is 4.98 Å². The molecule has 1 rings (SSSR count). The zero-order chi connectivity index (χ0) is 12.0. The van der Waals surface area contributed by atoms with Crippen molar-refractivity contribution in [3.05, 3.63) is 29.8 Å². The van der Waals surface area contributed by atoms with Gasteiger partial charge in [0.2, 0.25) is 0 Å². The molecule has 0 aliphatic carbocycles. The molecule has 2 nitrogen and oxygen atoms in total. The summed E-state index contributed by atoms with van der Waals surface area (Å²) in [6.45, 7) is 7.24. The third-order valence-corrected chi connectivity index (χ3v) is 2.91. The number of rotatable bonds is 6. The Bertz CT molecular complexity index is 315. The van der Waals surface area contributed by atoms with Gasteiger partial charge in [0.15, 0.2) is 0 Å². The second-order valence-electron chi connectivity index (χ2n) is 4.19. The summed E-state index contributed by atoms with van der Waals surface area (Å²) >= 11 is 0. The molecule has 0 bridgehead atoms. The highest BCUT2D eigenvalue weighted by atomic mass is 19.1. The lowest BCUT2D eigenvalue weighted by Crippen LogP contribution is -2.29. The van der Waals surface area contributed by atoms with E-state index >= 15 is 0 Å². The first-order valence-electron chi connectivity index (χ1n) is 6.04. The van der Waals surface area contributed by atoms with Crippen molar-refractivity contribution in [1.82, 2.24) is 10.3 Å². The van der Waals surface area contributed by atoms with Crippen molar-refractivity contribution in [3.63, 3.8) is 0 Å². The third kappa shape index (κ3) is 3.27. The Morgan fingerprint density at radius 1 is 1.44 bits per heavy atom. The Hall–Kier alpha value is -0.960. The zero-order valence-electron chi connectivity index (χ0n) is 10.3. The van der Waals surface area contributed by atoms with E-state index < -0.39 is 0 Å². The summed E-state index contributed by atoms with van der Waals surface area (Å²) in [5.74, 6) is 0.173. The van der Waals surface area contributed by atoms with E-state index in [0.717, 1.165) is 19.4 Å². The van der Waals surface area contributed by atoms with Gasteiger partial charge in [-0.1, -0.05) is 27.2 Å². The second kappa shape index (κ2) is 6.59. The summed E-state index contributed by atoms with van der Waals surface area (Å²) < 4.78 is 13.7. The molecule has 0 radical (unpaired) electrons. The fourth-order valence-electron chi connectivity index (χ4n) is 1.73. The maximum atomic E-state index is 13.7. The van der Waals surface area contributed by atoms with Gasteiger partial charge in [0.05, 0.1) is 11.7 Å². The lowest BCUT2D eigenvalue weighted by Gasteiger charge is -2.24. The molecule has 2 atom stereocenters. The number of halogens is 1. The molecule has 1 aromatic rings. The van der Waals surface area contributed by atoms with E-state index in [2.05, 4.69) is 31.1 Å². The molecule has 0 saturated heterocycles. The topological polar surface area (TPSA) is 24.9 Å². The van der Waals surface area contributed by atoms with E-state index in [1.165, 1.54) is 6.07 Å². The van der Waals surface area contributed by atoms with Crippen LogP contribution >= 0.6 is 0 Å². The van der Waals surface area contributed by atoms with Crippen molar-refractivity contribution in [2.24, 2.45) is 5.92 Å². The van der Waals surface area contributed by atoms with Crippen molar-refractivity contribution >= 4 is 0 Å². The van der Waals surface area contributed by atoms with Crippen molar-refractivity contribution in [1.29, 1.82) is 0 Å². The molecule has 2 unspecified atom stereocenters. The minimum Gasteiger partial charge on any atom is -0.308 e. The summed E-state index contributed by atoms with van der Waals surface area (Å²) in [6.07, 6.45) is 3.71. The van der Waals surface area contributed by atoms with Crippen molar-refractivity contribution in [2.75, 3.05) is 6.54 Å². The molecule has 0 saturated carbocycles. The molecular formula is C13H21FN2. The Morgan fingerprint density at radius 2 is 2.19 bits per heavy atom. The monoisotopic (exact) mass is 224 g/mol. The minimum absolute atomic E-state index is 0.0196. The minimum atomic E-state index is -0.212. The molecule has 0 aliphatic heterocycles. The van der Waals surface area contributed by atoms with E-state index in [0.29, 0.717) is 11.6 Å². The van der Waals surface area contributed by atoms with Crippen molar-refractivity contribution < 1.29 is 4.39 Å². The largest absolute Gasteiger partial charge is 0.308 e. The van der Waals surface area contributed by atoms with E-state index in [-0.39, 0.29) is 11.9 Å². The number of nitrogens with zero attached hydrogens (tertiary/aromatic N) is 1. The smallest absolute Gasteiger partial charge is 0.146 e. The van der Waals surface area contributed by atoms with E-state index in [1.807, 2.05) is 0 Å². The van der Waals surface area contributed by atoms with Crippen LogP contribution in [0.1, 0.15) is 45.3 Å². The Kier molecular flexibility index (Phi) is 5.39. The molecular weight excluding hydrogens is 203 g/mol. The summed E-state index contributed by atoms with van der Waals surface area (Å²) in [6, 6.07) is 3.13. The maximum absolute atomic E-state index is 13.7. The number of hydrogen-bond donors (Lipinski definition) is 1. The van der Waals surface area contributed by atoms with Gasteiger partial charge in [-0.05, 0) is 31.0 Å². The lowest BCUT2D eigenvalue weighted by atomic mass is 9.95. The van der Waals surface area contributed by atoms with Gasteiger partial charge < -0.3 is 5.32 Å². The molecule has 0 aromatic carbocycles. The molecule has 0 amide bonds. The van der Waals surface area contributed by atoms with Crippen LogP contribution in [0.25, 0.3) is 0 Å². The first-order chi connectivity index (χ1) is 7.70. The summed E-state index contributed by atoms with van der Waals surface area (Å²) in [4.78, 5) is 4.16. The molecule has 1 heterocycles. The number of pyridine rings is 1. The van der Waals surface area contributed by atoms with Gasteiger partial charge in [-0.25, -0.2) is 4.39 Å². The average Bonchev–Trinajstić information content (AvgIpc) is 2.31. The zero-order valence-corrected chi connectivity index (χ0v) is 10.3.